The van der Waals surface area contributed by atoms with Crippen LogP contribution in [0, 0.1) is 36.5 Å². The van der Waals surface area contributed by atoms with Crippen LogP contribution in [0.5, 0.6) is 5.75 Å². The van der Waals surface area contributed by atoms with E-state index in [1.54, 1.807) is 11.3 Å². The largest absolute Gasteiger partial charge is 0.485 e. The van der Waals surface area contributed by atoms with Crippen LogP contribution in [-0.4, -0.2) is 26.4 Å². The number of nitrogens with one attached hydrogen (secondary N) is 1. The first-order chi connectivity index (χ1) is 17.1. The van der Waals surface area contributed by atoms with E-state index in [0.29, 0.717) is 34.1 Å². The molecule has 1 aliphatic carbocycles. The van der Waals surface area contributed by atoms with Gasteiger partial charge < -0.3 is 14.6 Å². The number of benzene rings is 1. The highest BCUT2D eigenvalue weighted by atomic mass is 32.2. The number of carbonyl (C=O) groups excluding carboxylic acids is 1. The summed E-state index contributed by atoms with van der Waals surface area (Å²) in [5.74, 6) is 2.12. The highest BCUT2D eigenvalue weighted by Gasteiger charge is 2.32. The van der Waals surface area contributed by atoms with Gasteiger partial charge >= 0.3 is 0 Å². The number of aromatic nitrogens is 3. The van der Waals surface area contributed by atoms with E-state index in [0.717, 1.165) is 36.1 Å². The number of nitriles is 1. The van der Waals surface area contributed by atoms with E-state index in [1.165, 1.54) is 22.2 Å². The summed E-state index contributed by atoms with van der Waals surface area (Å²) in [6.45, 7) is 11.2. The van der Waals surface area contributed by atoms with Crippen molar-refractivity contribution < 1.29 is 9.53 Å². The molecule has 0 saturated carbocycles. The number of anilines is 1. The minimum Gasteiger partial charge on any atom is -0.485 e. The number of thiophene rings is 1. The van der Waals surface area contributed by atoms with Crippen LogP contribution in [0.3, 0.4) is 0 Å². The first-order valence-electron chi connectivity index (χ1n) is 12.1. The fourth-order valence-electron chi connectivity index (χ4n) is 4.44. The van der Waals surface area contributed by atoms with Crippen LogP contribution in [0.1, 0.15) is 60.1 Å². The highest BCUT2D eigenvalue weighted by Crippen LogP contribution is 2.44. The van der Waals surface area contributed by atoms with Gasteiger partial charge in [0.15, 0.2) is 11.0 Å². The molecular formula is C27H33N5O2S2. The van der Waals surface area contributed by atoms with Crippen LogP contribution in [-0.2, 0) is 31.3 Å². The van der Waals surface area contributed by atoms with Crippen molar-refractivity contribution in [3.05, 3.63) is 51.2 Å². The Kier molecular flexibility index (Phi) is 7.76. The minimum absolute atomic E-state index is 0.154. The molecule has 4 rings (SSSR count). The fraction of sp³-hybridized carbons (Fsp3) is 0.481. The van der Waals surface area contributed by atoms with Gasteiger partial charge in [0.2, 0.25) is 5.91 Å². The van der Waals surface area contributed by atoms with Crippen LogP contribution in [0.2, 0.25) is 0 Å². The smallest absolute Gasteiger partial charge is 0.235 e. The molecule has 2 aromatic heterocycles. The highest BCUT2D eigenvalue weighted by molar-refractivity contribution is 7.99. The van der Waals surface area contributed by atoms with Gasteiger partial charge in [0.25, 0.3) is 0 Å². The number of fused-ring (bicyclic) bond motifs is 1. The molecule has 7 nitrogen and oxygen atoms in total. The quantitative estimate of drug-likeness (QED) is 0.392. The van der Waals surface area contributed by atoms with Gasteiger partial charge in [0.05, 0.1) is 11.3 Å². The zero-order valence-electron chi connectivity index (χ0n) is 21.8. The van der Waals surface area contributed by atoms with E-state index < -0.39 is 0 Å². The van der Waals surface area contributed by atoms with Crippen LogP contribution >= 0.6 is 23.1 Å². The van der Waals surface area contributed by atoms with Gasteiger partial charge in [0, 0.05) is 11.9 Å². The van der Waals surface area contributed by atoms with E-state index in [2.05, 4.69) is 55.3 Å². The number of thioether (sulfide) groups is 1. The second kappa shape index (κ2) is 10.7. The molecule has 0 radical (unpaired) electrons. The first kappa shape index (κ1) is 26.2. The second-order valence-corrected chi connectivity index (χ2v) is 12.5. The van der Waals surface area contributed by atoms with E-state index in [-0.39, 0.29) is 17.1 Å². The van der Waals surface area contributed by atoms with Gasteiger partial charge in [-0.3, -0.25) is 4.79 Å². The monoisotopic (exact) mass is 523 g/mol. The van der Waals surface area contributed by atoms with Gasteiger partial charge in [0.1, 0.15) is 23.4 Å². The maximum Gasteiger partial charge on any atom is 0.235 e. The van der Waals surface area contributed by atoms with Crippen molar-refractivity contribution >= 4 is 34.0 Å². The van der Waals surface area contributed by atoms with Crippen LogP contribution < -0.4 is 10.1 Å². The lowest BCUT2D eigenvalue weighted by Gasteiger charge is -2.33. The lowest BCUT2D eigenvalue weighted by molar-refractivity contribution is -0.113. The Hall–Kier alpha value is -2.83. The summed E-state index contributed by atoms with van der Waals surface area (Å²) < 4.78 is 7.80. The second-order valence-electron chi connectivity index (χ2n) is 10.4. The molecule has 0 bridgehead atoms. The maximum absolute atomic E-state index is 12.8. The van der Waals surface area contributed by atoms with Crippen molar-refractivity contribution in [2.24, 2.45) is 18.4 Å². The molecule has 0 spiro atoms. The molecule has 1 aromatic carbocycles. The number of amides is 1. The summed E-state index contributed by atoms with van der Waals surface area (Å²) in [7, 11) is 1.87. The molecule has 1 amide bonds. The topological polar surface area (TPSA) is 92.8 Å². The van der Waals surface area contributed by atoms with Crippen molar-refractivity contribution in [1.29, 1.82) is 5.26 Å². The Labute approximate surface area is 221 Å². The molecule has 0 fully saturated rings. The Morgan fingerprint density at radius 1 is 1.33 bits per heavy atom. The van der Waals surface area contributed by atoms with Crippen molar-refractivity contribution in [3.63, 3.8) is 0 Å². The third-order valence-electron chi connectivity index (χ3n) is 7.02. The predicted octanol–water partition coefficient (Wildman–Crippen LogP) is 5.83. The number of hydrogen-bond donors (Lipinski definition) is 1. The fourth-order valence-corrected chi connectivity index (χ4v) is 6.47. The van der Waals surface area contributed by atoms with Gasteiger partial charge in [-0.2, -0.15) is 5.26 Å². The summed E-state index contributed by atoms with van der Waals surface area (Å²) in [5, 5.41) is 22.5. The number of ether oxygens (including phenoxy) is 1. The molecule has 0 saturated heterocycles. The number of carbonyl (C=O) groups is 1. The van der Waals surface area contributed by atoms with E-state index in [1.807, 2.05) is 30.7 Å². The van der Waals surface area contributed by atoms with Crippen molar-refractivity contribution in [1.82, 2.24) is 14.8 Å². The Morgan fingerprint density at radius 3 is 2.83 bits per heavy atom. The summed E-state index contributed by atoms with van der Waals surface area (Å²) >= 11 is 2.87. The summed E-state index contributed by atoms with van der Waals surface area (Å²) in [4.78, 5) is 14.0. The summed E-state index contributed by atoms with van der Waals surface area (Å²) in [6.07, 6.45) is 2.94. The number of nitrogens with zero attached hydrogens (tertiary/aromatic N) is 4. The van der Waals surface area contributed by atoms with Crippen molar-refractivity contribution in [3.8, 4) is 11.8 Å². The number of aryl methyl sites for hydroxylation is 1. The Morgan fingerprint density at radius 2 is 2.11 bits per heavy atom. The lowest BCUT2D eigenvalue weighted by atomic mass is 9.72. The van der Waals surface area contributed by atoms with Gasteiger partial charge in [-0.1, -0.05) is 44.7 Å². The van der Waals surface area contributed by atoms with E-state index in [4.69, 9.17) is 4.74 Å². The van der Waals surface area contributed by atoms with E-state index in [9.17, 15) is 10.1 Å². The van der Waals surface area contributed by atoms with Crippen LogP contribution in [0.25, 0.3) is 0 Å². The molecule has 1 atom stereocenters. The zero-order chi connectivity index (χ0) is 26.0. The zero-order valence-corrected chi connectivity index (χ0v) is 23.4. The number of hydrogen-bond acceptors (Lipinski definition) is 7. The van der Waals surface area contributed by atoms with E-state index >= 15 is 0 Å². The average Bonchev–Trinajstić information content (AvgIpc) is 3.36. The predicted molar refractivity (Wildman–Crippen MR) is 145 cm³/mol. The van der Waals surface area contributed by atoms with Crippen molar-refractivity contribution in [2.45, 2.75) is 65.6 Å². The first-order valence-corrected chi connectivity index (χ1v) is 13.9. The van der Waals surface area contributed by atoms with Crippen molar-refractivity contribution in [2.75, 3.05) is 11.1 Å². The molecule has 9 heteroatoms. The molecule has 2 heterocycles. The molecule has 190 valence electrons. The number of rotatable bonds is 7. The molecule has 1 N–H and O–H groups in total. The molecule has 36 heavy (non-hydrogen) atoms. The summed E-state index contributed by atoms with van der Waals surface area (Å²) in [6, 6.07) is 8.30. The lowest BCUT2D eigenvalue weighted by Crippen LogP contribution is -2.26. The molecule has 1 unspecified atom stereocenters. The Bertz CT molecular complexity index is 1310. The molecule has 1 aliphatic rings. The molecule has 0 aliphatic heterocycles. The van der Waals surface area contributed by atoms with Crippen LogP contribution in [0.4, 0.5) is 5.00 Å². The third-order valence-corrected chi connectivity index (χ3v) is 9.21. The Balaban J connectivity index is 1.36. The third kappa shape index (κ3) is 5.60. The normalized spacial score (nSPS) is 15.3. The molecular weight excluding hydrogens is 490 g/mol. The van der Waals surface area contributed by atoms with Gasteiger partial charge in [-0.25, -0.2) is 0 Å². The summed E-state index contributed by atoms with van der Waals surface area (Å²) in [5.41, 5.74) is 4.26. The average molecular weight is 524 g/mol. The standard InChI is InChI=1S/C27H33N5O2S2/c1-16-8-7-9-21(17(16)2)34-14-23-30-31-26(32(23)6)35-15-24(33)29-25-20(13-28)19-11-10-18(27(3,4)5)12-22(19)36-25/h7-9,18H,10-12,14-15H2,1-6H3,(H,29,33). The maximum atomic E-state index is 12.8. The molecule has 3 aromatic rings. The van der Waals surface area contributed by atoms with Gasteiger partial charge in [-0.15, -0.1) is 21.5 Å². The van der Waals surface area contributed by atoms with Crippen LogP contribution in [0.15, 0.2) is 23.4 Å². The minimum atomic E-state index is -0.154. The SMILES string of the molecule is Cc1cccc(OCc2nnc(SCC(=O)Nc3sc4c(c3C#N)CCC(C(C)(C)C)C4)n2C)c1C. The van der Waals surface area contributed by atoms with Gasteiger partial charge in [-0.05, 0) is 67.2 Å².